The third-order valence-electron chi connectivity index (χ3n) is 3.54. The molecule has 0 aliphatic rings. The van der Waals surface area contributed by atoms with Crippen molar-refractivity contribution in [3.63, 3.8) is 0 Å². The zero-order valence-corrected chi connectivity index (χ0v) is 12.1. The zero-order chi connectivity index (χ0) is 14.4. The average molecular weight is 275 g/mol. The van der Waals surface area contributed by atoms with Crippen molar-refractivity contribution in [3.05, 3.63) is 59.8 Å². The van der Waals surface area contributed by atoms with Gasteiger partial charge in [-0.3, -0.25) is 0 Å². The van der Waals surface area contributed by atoms with Crippen LogP contribution in [0.25, 0.3) is 0 Å². The van der Waals surface area contributed by atoms with Crippen LogP contribution in [0.15, 0.2) is 47.1 Å². The molecule has 1 N–H and O–H groups in total. The number of rotatable bonds is 7. The first-order valence-corrected chi connectivity index (χ1v) is 7.25. The van der Waals surface area contributed by atoms with Gasteiger partial charge in [-0.2, -0.15) is 0 Å². The van der Waals surface area contributed by atoms with E-state index in [1.807, 2.05) is 24.3 Å². The van der Waals surface area contributed by atoms with E-state index in [1.165, 1.54) is 12.1 Å². The maximum absolute atomic E-state index is 13.1. The summed E-state index contributed by atoms with van der Waals surface area (Å²) >= 11 is 0. The minimum atomic E-state index is -0.193. The molecule has 20 heavy (non-hydrogen) atoms. The van der Waals surface area contributed by atoms with E-state index in [4.69, 9.17) is 4.42 Å². The lowest BCUT2D eigenvalue weighted by molar-refractivity contribution is 0.376. The van der Waals surface area contributed by atoms with Gasteiger partial charge >= 0.3 is 0 Å². The van der Waals surface area contributed by atoms with Gasteiger partial charge in [-0.05, 0) is 43.2 Å². The number of hydrogen-bond acceptors (Lipinski definition) is 2. The molecule has 0 aliphatic carbocycles. The topological polar surface area (TPSA) is 25.2 Å². The third kappa shape index (κ3) is 3.94. The van der Waals surface area contributed by atoms with Crippen LogP contribution in [0, 0.1) is 5.82 Å². The maximum atomic E-state index is 13.1. The molecule has 0 saturated carbocycles. The van der Waals surface area contributed by atoms with Crippen LogP contribution >= 0.6 is 0 Å². The second-order valence-corrected chi connectivity index (χ2v) is 5.15. The predicted octanol–water partition coefficient (Wildman–Crippen LogP) is 5.00. The number of halogens is 1. The molecule has 2 unspecified atom stereocenters. The van der Waals surface area contributed by atoms with Gasteiger partial charge in [-0.15, -0.1) is 0 Å². The van der Waals surface area contributed by atoms with Crippen LogP contribution in [0.1, 0.15) is 56.5 Å². The summed E-state index contributed by atoms with van der Waals surface area (Å²) in [5, 5.41) is 3.57. The molecule has 2 rings (SSSR count). The average Bonchev–Trinajstić information content (AvgIpc) is 2.98. The molecule has 3 heteroatoms. The highest BCUT2D eigenvalue weighted by Crippen LogP contribution is 2.24. The zero-order valence-electron chi connectivity index (χ0n) is 12.1. The van der Waals surface area contributed by atoms with Crippen LogP contribution in [-0.4, -0.2) is 0 Å². The van der Waals surface area contributed by atoms with E-state index in [2.05, 4.69) is 19.2 Å². The molecular weight excluding hydrogens is 253 g/mol. The molecule has 0 fully saturated rings. The minimum Gasteiger partial charge on any atom is -0.468 e. The molecule has 1 heterocycles. The fraction of sp³-hybridized carbons (Fsp3) is 0.412. The summed E-state index contributed by atoms with van der Waals surface area (Å²) in [7, 11) is 0. The van der Waals surface area contributed by atoms with Crippen molar-refractivity contribution in [2.24, 2.45) is 0 Å². The first-order valence-electron chi connectivity index (χ1n) is 7.25. The Morgan fingerprint density at radius 3 is 2.55 bits per heavy atom. The Balaban J connectivity index is 2.08. The number of hydrogen-bond donors (Lipinski definition) is 1. The van der Waals surface area contributed by atoms with Crippen LogP contribution in [-0.2, 0) is 0 Å². The fourth-order valence-electron chi connectivity index (χ4n) is 2.37. The van der Waals surface area contributed by atoms with Gasteiger partial charge in [0.05, 0.1) is 12.3 Å². The molecule has 2 atom stereocenters. The van der Waals surface area contributed by atoms with E-state index in [0.29, 0.717) is 0 Å². The second kappa shape index (κ2) is 7.25. The highest BCUT2D eigenvalue weighted by atomic mass is 19.1. The molecule has 1 aromatic carbocycles. The molecule has 1 aromatic heterocycles. The van der Waals surface area contributed by atoms with E-state index in [1.54, 1.807) is 6.26 Å². The summed E-state index contributed by atoms with van der Waals surface area (Å²) < 4.78 is 18.5. The van der Waals surface area contributed by atoms with Crippen molar-refractivity contribution >= 4 is 0 Å². The summed E-state index contributed by atoms with van der Waals surface area (Å²) in [6, 6.07) is 11.0. The Kier molecular flexibility index (Phi) is 5.36. The van der Waals surface area contributed by atoms with Gasteiger partial charge in [0.1, 0.15) is 11.6 Å². The highest BCUT2D eigenvalue weighted by molar-refractivity contribution is 5.20. The van der Waals surface area contributed by atoms with Crippen LogP contribution < -0.4 is 5.32 Å². The summed E-state index contributed by atoms with van der Waals surface area (Å²) in [4.78, 5) is 0. The van der Waals surface area contributed by atoms with Crippen molar-refractivity contribution < 1.29 is 8.81 Å². The van der Waals surface area contributed by atoms with Gasteiger partial charge in [0.2, 0.25) is 0 Å². The first kappa shape index (κ1) is 14.8. The maximum Gasteiger partial charge on any atom is 0.123 e. The normalized spacial score (nSPS) is 14.2. The smallest absolute Gasteiger partial charge is 0.123 e. The number of furan rings is 1. The second-order valence-electron chi connectivity index (χ2n) is 5.15. The van der Waals surface area contributed by atoms with Crippen LogP contribution in [0.5, 0.6) is 0 Å². The SMILES string of the molecule is CCCCC(NC(C)c1ccco1)c1ccc(F)cc1. The highest BCUT2D eigenvalue weighted by Gasteiger charge is 2.16. The molecule has 2 nitrogen and oxygen atoms in total. The summed E-state index contributed by atoms with van der Waals surface area (Å²) in [5.74, 6) is 0.732. The van der Waals surface area contributed by atoms with Crippen molar-refractivity contribution in [1.29, 1.82) is 0 Å². The van der Waals surface area contributed by atoms with E-state index < -0.39 is 0 Å². The van der Waals surface area contributed by atoms with Gasteiger partial charge in [0.15, 0.2) is 0 Å². The minimum absolute atomic E-state index is 0.136. The quantitative estimate of drug-likeness (QED) is 0.769. The Morgan fingerprint density at radius 1 is 1.20 bits per heavy atom. The Hall–Kier alpha value is -1.61. The molecule has 0 aliphatic heterocycles. The van der Waals surface area contributed by atoms with Crippen molar-refractivity contribution in [3.8, 4) is 0 Å². The molecule has 108 valence electrons. The van der Waals surface area contributed by atoms with E-state index in [-0.39, 0.29) is 17.9 Å². The first-order chi connectivity index (χ1) is 9.70. The van der Waals surface area contributed by atoms with Gasteiger partial charge in [0, 0.05) is 6.04 Å². The van der Waals surface area contributed by atoms with E-state index in [0.717, 1.165) is 30.6 Å². The van der Waals surface area contributed by atoms with Gasteiger partial charge < -0.3 is 9.73 Å². The Morgan fingerprint density at radius 2 is 1.95 bits per heavy atom. The number of benzene rings is 1. The fourth-order valence-corrected chi connectivity index (χ4v) is 2.37. The summed E-state index contributed by atoms with van der Waals surface area (Å²) in [5.41, 5.74) is 1.12. The predicted molar refractivity (Wildman–Crippen MR) is 78.9 cm³/mol. The van der Waals surface area contributed by atoms with Crippen LogP contribution in [0.4, 0.5) is 4.39 Å². The van der Waals surface area contributed by atoms with Crippen molar-refractivity contribution in [2.45, 2.75) is 45.2 Å². The Labute approximate surface area is 120 Å². The standard InChI is InChI=1S/C17H22FNO/c1-3-4-6-16(14-8-10-15(18)11-9-14)19-13(2)17-7-5-12-20-17/h5,7-13,16,19H,3-4,6H2,1-2H3. The Bertz CT molecular complexity index is 492. The molecular formula is C17H22FNO. The lowest BCUT2D eigenvalue weighted by Gasteiger charge is -2.23. The largest absolute Gasteiger partial charge is 0.468 e. The molecule has 0 saturated heterocycles. The van der Waals surface area contributed by atoms with Gasteiger partial charge in [-0.1, -0.05) is 31.9 Å². The van der Waals surface area contributed by atoms with Crippen LogP contribution in [0.3, 0.4) is 0 Å². The van der Waals surface area contributed by atoms with E-state index in [9.17, 15) is 4.39 Å². The summed E-state index contributed by atoms with van der Waals surface area (Å²) in [6.07, 6.45) is 5.01. The number of nitrogens with one attached hydrogen (secondary N) is 1. The number of unbranched alkanes of at least 4 members (excludes halogenated alkanes) is 1. The van der Waals surface area contributed by atoms with Gasteiger partial charge in [0.25, 0.3) is 0 Å². The molecule has 0 amide bonds. The lowest BCUT2D eigenvalue weighted by Crippen LogP contribution is -2.24. The summed E-state index contributed by atoms with van der Waals surface area (Å²) in [6.45, 7) is 4.26. The third-order valence-corrected chi connectivity index (χ3v) is 3.54. The lowest BCUT2D eigenvalue weighted by atomic mass is 10.00. The molecule has 0 spiro atoms. The van der Waals surface area contributed by atoms with E-state index >= 15 is 0 Å². The molecule has 0 radical (unpaired) electrons. The van der Waals surface area contributed by atoms with Crippen molar-refractivity contribution in [1.82, 2.24) is 5.32 Å². The van der Waals surface area contributed by atoms with Crippen molar-refractivity contribution in [2.75, 3.05) is 0 Å². The molecule has 2 aromatic rings. The van der Waals surface area contributed by atoms with Crippen LogP contribution in [0.2, 0.25) is 0 Å². The van der Waals surface area contributed by atoms with Gasteiger partial charge in [-0.25, -0.2) is 4.39 Å². The monoisotopic (exact) mass is 275 g/mol. The molecule has 0 bridgehead atoms.